The predicted octanol–water partition coefficient (Wildman–Crippen LogP) is 1.71. The van der Waals surface area contributed by atoms with Gasteiger partial charge in [0.25, 0.3) is 0 Å². The third-order valence-corrected chi connectivity index (χ3v) is 2.37. The van der Waals surface area contributed by atoms with E-state index in [9.17, 15) is 9.59 Å². The second kappa shape index (κ2) is 9.34. The van der Waals surface area contributed by atoms with Gasteiger partial charge in [0.1, 0.15) is 0 Å². The lowest BCUT2D eigenvalue weighted by atomic mass is 10.00. The summed E-state index contributed by atoms with van der Waals surface area (Å²) in [4.78, 5) is 22.5. The van der Waals surface area contributed by atoms with E-state index in [1.807, 2.05) is 13.8 Å². The molecule has 18 heavy (non-hydrogen) atoms. The van der Waals surface area contributed by atoms with Crippen LogP contribution in [0.25, 0.3) is 0 Å². The molecule has 0 rings (SSSR count). The number of esters is 1. The van der Waals surface area contributed by atoms with E-state index < -0.39 is 18.1 Å². The molecule has 0 saturated carbocycles. The Hall–Kier alpha value is -1.70. The van der Waals surface area contributed by atoms with Crippen molar-refractivity contribution < 1.29 is 19.1 Å². The predicted molar refractivity (Wildman–Crippen MR) is 67.8 cm³/mol. The third kappa shape index (κ3) is 6.79. The highest BCUT2D eigenvalue weighted by Crippen LogP contribution is 2.07. The normalized spacial score (nSPS) is 12.7. The Bertz CT molecular complexity index is 330. The zero-order valence-corrected chi connectivity index (χ0v) is 11.4. The van der Waals surface area contributed by atoms with Crippen molar-refractivity contribution in [2.24, 2.45) is 5.92 Å². The van der Waals surface area contributed by atoms with Crippen LogP contribution in [0, 0.1) is 17.8 Å². The van der Waals surface area contributed by atoms with E-state index in [-0.39, 0.29) is 12.5 Å². The molecule has 1 amide bonds. The SMILES string of the molecule is CCOC(=O)C#CC(NC(=O)OCC)C(C)CC. The molecule has 0 aliphatic carbocycles. The van der Waals surface area contributed by atoms with E-state index in [1.165, 1.54) is 0 Å². The average molecular weight is 255 g/mol. The Morgan fingerprint density at radius 3 is 2.28 bits per heavy atom. The maximum Gasteiger partial charge on any atom is 0.408 e. The van der Waals surface area contributed by atoms with Gasteiger partial charge in [-0.05, 0) is 19.8 Å². The molecular weight excluding hydrogens is 234 g/mol. The lowest BCUT2D eigenvalue weighted by Gasteiger charge is -2.18. The average Bonchev–Trinajstić information content (AvgIpc) is 2.34. The van der Waals surface area contributed by atoms with Crippen molar-refractivity contribution in [2.45, 2.75) is 40.2 Å². The standard InChI is InChI=1S/C13H21NO4/c1-5-10(4)11(14-13(16)18-7-3)8-9-12(15)17-6-2/h10-11H,5-7H2,1-4H3,(H,14,16). The van der Waals surface area contributed by atoms with Gasteiger partial charge in [0, 0.05) is 5.92 Å². The molecule has 0 aliphatic rings. The van der Waals surface area contributed by atoms with Crippen molar-refractivity contribution in [3.05, 3.63) is 0 Å². The van der Waals surface area contributed by atoms with Crippen molar-refractivity contribution in [3.8, 4) is 11.8 Å². The minimum atomic E-state index is -0.587. The molecule has 5 heteroatoms. The fourth-order valence-electron chi connectivity index (χ4n) is 1.16. The Balaban J connectivity index is 4.58. The van der Waals surface area contributed by atoms with E-state index in [1.54, 1.807) is 13.8 Å². The number of hydrogen-bond donors (Lipinski definition) is 1. The first-order valence-electron chi connectivity index (χ1n) is 6.16. The van der Waals surface area contributed by atoms with Crippen LogP contribution in [0.1, 0.15) is 34.1 Å². The van der Waals surface area contributed by atoms with Gasteiger partial charge in [0.15, 0.2) is 0 Å². The molecule has 5 nitrogen and oxygen atoms in total. The Labute approximate surface area is 108 Å². The first-order chi connectivity index (χ1) is 8.54. The van der Waals surface area contributed by atoms with Crippen molar-refractivity contribution in [2.75, 3.05) is 13.2 Å². The van der Waals surface area contributed by atoms with Gasteiger partial charge in [-0.3, -0.25) is 0 Å². The van der Waals surface area contributed by atoms with Crippen LogP contribution >= 0.6 is 0 Å². The number of carbonyl (C=O) groups is 2. The molecule has 102 valence electrons. The lowest BCUT2D eigenvalue weighted by molar-refractivity contribution is -0.136. The Morgan fingerprint density at radius 2 is 1.78 bits per heavy atom. The van der Waals surface area contributed by atoms with Gasteiger partial charge in [-0.15, -0.1) is 0 Å². The quantitative estimate of drug-likeness (QED) is 0.461. The van der Waals surface area contributed by atoms with Gasteiger partial charge in [0.05, 0.1) is 19.3 Å². The van der Waals surface area contributed by atoms with Gasteiger partial charge in [-0.2, -0.15) is 0 Å². The third-order valence-electron chi connectivity index (χ3n) is 2.37. The number of carbonyl (C=O) groups excluding carboxylic acids is 2. The number of nitrogens with one attached hydrogen (secondary N) is 1. The summed E-state index contributed by atoms with van der Waals surface area (Å²) in [5.74, 6) is 4.61. The second-order valence-electron chi connectivity index (χ2n) is 3.72. The topological polar surface area (TPSA) is 64.6 Å². The fraction of sp³-hybridized carbons (Fsp3) is 0.692. The molecule has 2 atom stereocenters. The fourth-order valence-corrected chi connectivity index (χ4v) is 1.16. The number of rotatable bonds is 5. The Kier molecular flexibility index (Phi) is 8.46. The summed E-state index contributed by atoms with van der Waals surface area (Å²) in [6, 6.07) is -0.418. The van der Waals surface area contributed by atoms with Crippen LogP contribution in [-0.4, -0.2) is 31.3 Å². The number of amides is 1. The monoisotopic (exact) mass is 255 g/mol. The molecule has 0 aliphatic heterocycles. The van der Waals surface area contributed by atoms with Crippen LogP contribution in [0.15, 0.2) is 0 Å². The first-order valence-corrected chi connectivity index (χ1v) is 6.16. The van der Waals surface area contributed by atoms with Gasteiger partial charge in [-0.1, -0.05) is 26.2 Å². The number of alkyl carbamates (subject to hydrolysis) is 1. The van der Waals surface area contributed by atoms with Crippen molar-refractivity contribution >= 4 is 12.1 Å². The molecule has 2 unspecified atom stereocenters. The zero-order chi connectivity index (χ0) is 14.0. The summed E-state index contributed by atoms with van der Waals surface area (Å²) in [6.45, 7) is 7.94. The largest absolute Gasteiger partial charge is 0.456 e. The highest BCUT2D eigenvalue weighted by molar-refractivity contribution is 5.88. The summed E-state index contributed by atoms with van der Waals surface area (Å²) >= 11 is 0. The minimum Gasteiger partial charge on any atom is -0.456 e. The van der Waals surface area contributed by atoms with Crippen LogP contribution in [0.5, 0.6) is 0 Å². The molecule has 0 saturated heterocycles. The van der Waals surface area contributed by atoms with E-state index in [0.29, 0.717) is 6.61 Å². The van der Waals surface area contributed by atoms with Crippen LogP contribution in [-0.2, 0) is 14.3 Å². The van der Waals surface area contributed by atoms with Crippen molar-refractivity contribution in [1.82, 2.24) is 5.32 Å². The maximum atomic E-state index is 11.3. The molecule has 0 spiro atoms. The van der Waals surface area contributed by atoms with Crippen LogP contribution < -0.4 is 5.32 Å². The van der Waals surface area contributed by atoms with Crippen LogP contribution in [0.3, 0.4) is 0 Å². The van der Waals surface area contributed by atoms with E-state index in [4.69, 9.17) is 9.47 Å². The second-order valence-corrected chi connectivity index (χ2v) is 3.72. The van der Waals surface area contributed by atoms with E-state index in [2.05, 4.69) is 17.2 Å². The number of ether oxygens (including phenoxy) is 2. The Morgan fingerprint density at radius 1 is 1.17 bits per heavy atom. The van der Waals surface area contributed by atoms with E-state index >= 15 is 0 Å². The lowest BCUT2D eigenvalue weighted by Crippen LogP contribution is -2.38. The highest BCUT2D eigenvalue weighted by Gasteiger charge is 2.16. The van der Waals surface area contributed by atoms with Crippen LogP contribution in [0.4, 0.5) is 4.79 Å². The van der Waals surface area contributed by atoms with Gasteiger partial charge in [0.2, 0.25) is 0 Å². The zero-order valence-electron chi connectivity index (χ0n) is 11.4. The number of hydrogen-bond acceptors (Lipinski definition) is 4. The van der Waals surface area contributed by atoms with Crippen molar-refractivity contribution in [1.29, 1.82) is 0 Å². The summed E-state index contributed by atoms with van der Waals surface area (Å²) in [5, 5.41) is 2.62. The summed E-state index contributed by atoms with van der Waals surface area (Å²) in [7, 11) is 0. The molecule has 0 aromatic rings. The first kappa shape index (κ1) is 16.3. The molecule has 1 N–H and O–H groups in total. The molecule has 0 aromatic carbocycles. The van der Waals surface area contributed by atoms with Crippen LogP contribution in [0.2, 0.25) is 0 Å². The van der Waals surface area contributed by atoms with E-state index in [0.717, 1.165) is 6.42 Å². The highest BCUT2D eigenvalue weighted by atomic mass is 16.5. The van der Waals surface area contributed by atoms with Crippen molar-refractivity contribution in [3.63, 3.8) is 0 Å². The summed E-state index contributed by atoms with van der Waals surface area (Å²) < 4.78 is 9.49. The summed E-state index contributed by atoms with van der Waals surface area (Å²) in [5.41, 5.74) is 0. The smallest absolute Gasteiger partial charge is 0.408 e. The molecule has 0 fully saturated rings. The van der Waals surface area contributed by atoms with Gasteiger partial charge >= 0.3 is 12.1 Å². The molecule has 0 heterocycles. The molecule has 0 bridgehead atoms. The molecular formula is C13H21NO4. The summed E-state index contributed by atoms with van der Waals surface area (Å²) in [6.07, 6.45) is 0.301. The molecule has 0 aromatic heterocycles. The maximum absolute atomic E-state index is 11.3. The molecule has 0 radical (unpaired) electrons. The van der Waals surface area contributed by atoms with Gasteiger partial charge < -0.3 is 14.8 Å². The van der Waals surface area contributed by atoms with Gasteiger partial charge in [-0.25, -0.2) is 9.59 Å². The minimum absolute atomic E-state index is 0.122.